The van der Waals surface area contributed by atoms with E-state index in [0.717, 1.165) is 0 Å². The van der Waals surface area contributed by atoms with Gasteiger partial charge in [0, 0.05) is 0 Å². The number of anilines is 2. The number of esters is 1. The number of carbonyl (C=O) groups is 3. The van der Waals surface area contributed by atoms with Crippen LogP contribution in [0.2, 0.25) is 0 Å². The van der Waals surface area contributed by atoms with Crippen molar-refractivity contribution in [1.29, 1.82) is 0 Å². The van der Waals surface area contributed by atoms with E-state index >= 15 is 0 Å². The molecular formula is C19H18N2O5. The van der Waals surface area contributed by atoms with Gasteiger partial charge in [0.15, 0.2) is 12.7 Å². The van der Waals surface area contributed by atoms with Crippen molar-refractivity contribution in [2.24, 2.45) is 0 Å². The number of carbonyl (C=O) groups excluding carboxylic acids is 3. The molecule has 7 heteroatoms. The van der Waals surface area contributed by atoms with E-state index in [2.05, 4.69) is 5.32 Å². The molecule has 0 aliphatic carbocycles. The van der Waals surface area contributed by atoms with Gasteiger partial charge in [-0.15, -0.1) is 0 Å². The fourth-order valence-electron chi connectivity index (χ4n) is 2.54. The van der Waals surface area contributed by atoms with Crippen molar-refractivity contribution in [2.45, 2.75) is 13.0 Å². The molecule has 0 unspecified atom stereocenters. The summed E-state index contributed by atoms with van der Waals surface area (Å²) in [6.07, 6.45) is -0.859. The van der Waals surface area contributed by atoms with Crippen LogP contribution in [0.3, 0.4) is 0 Å². The maximum absolute atomic E-state index is 12.4. The van der Waals surface area contributed by atoms with Crippen molar-refractivity contribution in [3.63, 3.8) is 0 Å². The Morgan fingerprint density at radius 3 is 2.58 bits per heavy atom. The van der Waals surface area contributed by atoms with E-state index < -0.39 is 24.6 Å². The van der Waals surface area contributed by atoms with E-state index in [1.807, 2.05) is 6.07 Å². The molecule has 0 spiro atoms. The number of fused-ring (bicyclic) bond motifs is 1. The quantitative estimate of drug-likeness (QED) is 0.830. The van der Waals surface area contributed by atoms with Gasteiger partial charge >= 0.3 is 5.97 Å². The van der Waals surface area contributed by atoms with Crippen molar-refractivity contribution in [3.8, 4) is 5.75 Å². The Labute approximate surface area is 150 Å². The molecule has 1 aliphatic rings. The first-order chi connectivity index (χ1) is 12.5. The number of para-hydroxylation sites is 3. The third kappa shape index (κ3) is 4.00. The van der Waals surface area contributed by atoms with E-state index in [1.165, 1.54) is 4.90 Å². The minimum Gasteiger partial charge on any atom is -0.479 e. The van der Waals surface area contributed by atoms with E-state index in [-0.39, 0.29) is 12.5 Å². The summed E-state index contributed by atoms with van der Waals surface area (Å²) in [4.78, 5) is 37.5. The second-order valence-electron chi connectivity index (χ2n) is 5.73. The summed E-state index contributed by atoms with van der Waals surface area (Å²) in [6.45, 7) is 0.954. The smallest absolute Gasteiger partial charge is 0.347 e. The van der Waals surface area contributed by atoms with Crippen LogP contribution in [0.1, 0.15) is 6.92 Å². The summed E-state index contributed by atoms with van der Waals surface area (Å²) in [5.41, 5.74) is 1.12. The zero-order valence-electron chi connectivity index (χ0n) is 14.2. The molecule has 7 nitrogen and oxygen atoms in total. The molecule has 0 aromatic heterocycles. The average Bonchev–Trinajstić information content (AvgIpc) is 2.65. The Morgan fingerprint density at radius 1 is 1.12 bits per heavy atom. The van der Waals surface area contributed by atoms with Crippen LogP contribution in [-0.4, -0.2) is 37.0 Å². The van der Waals surface area contributed by atoms with E-state index in [9.17, 15) is 14.4 Å². The molecule has 1 atom stereocenters. The molecule has 1 N–H and O–H groups in total. The first kappa shape index (κ1) is 17.5. The maximum Gasteiger partial charge on any atom is 0.347 e. The standard InChI is InChI=1S/C19H18N2O5/c1-13(26-14-7-3-2-4-8-14)19(24)25-12-18(23)21-11-17(22)20-15-9-5-6-10-16(15)21/h2-10,13H,11-12H2,1H3,(H,20,22)/t13-/m1/s1. The number of rotatable bonds is 5. The third-order valence-electron chi connectivity index (χ3n) is 3.80. The fraction of sp³-hybridized carbons (Fsp3) is 0.211. The zero-order valence-corrected chi connectivity index (χ0v) is 14.2. The summed E-state index contributed by atoms with van der Waals surface area (Å²) in [7, 11) is 0. The predicted molar refractivity (Wildman–Crippen MR) is 94.9 cm³/mol. The van der Waals surface area contributed by atoms with Gasteiger partial charge in [0.25, 0.3) is 5.91 Å². The van der Waals surface area contributed by atoms with Crippen LogP contribution < -0.4 is 15.0 Å². The topological polar surface area (TPSA) is 84.9 Å². The first-order valence-electron chi connectivity index (χ1n) is 8.12. The molecule has 1 aliphatic heterocycles. The van der Waals surface area contributed by atoms with Crippen LogP contribution in [0, 0.1) is 0 Å². The summed E-state index contributed by atoms with van der Waals surface area (Å²) in [6, 6.07) is 15.8. The van der Waals surface area contributed by atoms with Crippen LogP contribution in [0.25, 0.3) is 0 Å². The lowest BCUT2D eigenvalue weighted by molar-refractivity contribution is -0.154. The Morgan fingerprint density at radius 2 is 1.81 bits per heavy atom. The fourth-order valence-corrected chi connectivity index (χ4v) is 2.54. The molecule has 2 aromatic carbocycles. The maximum atomic E-state index is 12.4. The van der Waals surface area contributed by atoms with E-state index in [4.69, 9.17) is 9.47 Å². The summed E-state index contributed by atoms with van der Waals surface area (Å²) in [5, 5.41) is 2.69. The molecule has 26 heavy (non-hydrogen) atoms. The molecule has 0 saturated heterocycles. The minimum absolute atomic E-state index is 0.122. The molecule has 0 saturated carbocycles. The van der Waals surface area contributed by atoms with Crippen LogP contribution in [0.4, 0.5) is 11.4 Å². The Kier molecular flexibility index (Phi) is 5.17. The molecule has 2 amide bonds. The monoisotopic (exact) mass is 354 g/mol. The van der Waals surface area contributed by atoms with Crippen molar-refractivity contribution >= 4 is 29.2 Å². The second kappa shape index (κ2) is 7.69. The summed E-state index contributed by atoms with van der Waals surface area (Å²) >= 11 is 0. The number of benzene rings is 2. The minimum atomic E-state index is -0.859. The first-order valence-corrected chi connectivity index (χ1v) is 8.12. The Bertz CT molecular complexity index is 822. The Balaban J connectivity index is 1.58. The van der Waals surface area contributed by atoms with Gasteiger partial charge in [-0.05, 0) is 31.2 Å². The highest BCUT2D eigenvalue weighted by molar-refractivity contribution is 6.10. The third-order valence-corrected chi connectivity index (χ3v) is 3.80. The van der Waals surface area contributed by atoms with Gasteiger partial charge in [-0.3, -0.25) is 14.5 Å². The van der Waals surface area contributed by atoms with Crippen molar-refractivity contribution < 1.29 is 23.9 Å². The number of nitrogens with one attached hydrogen (secondary N) is 1. The highest BCUT2D eigenvalue weighted by Crippen LogP contribution is 2.28. The number of amides is 2. The lowest BCUT2D eigenvalue weighted by Gasteiger charge is -2.29. The zero-order chi connectivity index (χ0) is 18.5. The van der Waals surface area contributed by atoms with Crippen LogP contribution in [0.15, 0.2) is 54.6 Å². The van der Waals surface area contributed by atoms with Crippen LogP contribution >= 0.6 is 0 Å². The van der Waals surface area contributed by atoms with Crippen molar-refractivity contribution in [3.05, 3.63) is 54.6 Å². The number of ether oxygens (including phenoxy) is 2. The van der Waals surface area contributed by atoms with Crippen molar-refractivity contribution in [2.75, 3.05) is 23.4 Å². The van der Waals surface area contributed by atoms with Gasteiger partial charge < -0.3 is 14.8 Å². The SMILES string of the molecule is C[C@@H](Oc1ccccc1)C(=O)OCC(=O)N1CC(=O)Nc2ccccc21. The molecule has 0 fully saturated rings. The lowest BCUT2D eigenvalue weighted by atomic mass is 10.2. The lowest BCUT2D eigenvalue weighted by Crippen LogP contribution is -2.44. The average molecular weight is 354 g/mol. The summed E-state index contributed by atoms with van der Waals surface area (Å²) < 4.78 is 10.5. The van der Waals surface area contributed by atoms with Gasteiger partial charge in [-0.1, -0.05) is 30.3 Å². The highest BCUT2D eigenvalue weighted by Gasteiger charge is 2.28. The predicted octanol–water partition coefficient (Wildman–Crippen LogP) is 1.98. The number of hydrogen-bond donors (Lipinski definition) is 1. The normalized spacial score (nSPS) is 14.0. The highest BCUT2D eigenvalue weighted by atomic mass is 16.6. The van der Waals surface area contributed by atoms with Gasteiger partial charge in [-0.2, -0.15) is 0 Å². The van der Waals surface area contributed by atoms with E-state index in [1.54, 1.807) is 55.5 Å². The number of hydrogen-bond acceptors (Lipinski definition) is 5. The molecule has 0 bridgehead atoms. The van der Waals surface area contributed by atoms with Crippen molar-refractivity contribution in [1.82, 2.24) is 0 Å². The molecular weight excluding hydrogens is 336 g/mol. The molecule has 134 valence electrons. The van der Waals surface area contributed by atoms with Gasteiger partial charge in [0.2, 0.25) is 5.91 Å². The molecule has 0 radical (unpaired) electrons. The second-order valence-corrected chi connectivity index (χ2v) is 5.73. The van der Waals surface area contributed by atoms with Crippen LogP contribution in [-0.2, 0) is 19.1 Å². The van der Waals surface area contributed by atoms with Gasteiger partial charge in [-0.25, -0.2) is 4.79 Å². The van der Waals surface area contributed by atoms with Crippen LogP contribution in [0.5, 0.6) is 5.75 Å². The largest absolute Gasteiger partial charge is 0.479 e. The van der Waals surface area contributed by atoms with Gasteiger partial charge in [0.1, 0.15) is 12.3 Å². The molecule has 1 heterocycles. The Hall–Kier alpha value is -3.35. The summed E-state index contributed by atoms with van der Waals surface area (Å²) in [5.74, 6) is -0.904. The van der Waals surface area contributed by atoms with E-state index in [0.29, 0.717) is 17.1 Å². The molecule has 2 aromatic rings. The molecule has 3 rings (SSSR count). The number of nitrogens with zero attached hydrogens (tertiary/aromatic N) is 1. The van der Waals surface area contributed by atoms with Gasteiger partial charge in [0.05, 0.1) is 11.4 Å².